The molecule has 1 aromatic heterocycles. The van der Waals surface area contributed by atoms with Gasteiger partial charge in [0, 0.05) is 0 Å². The molecule has 1 aromatic carbocycles. The van der Waals surface area contributed by atoms with E-state index in [9.17, 15) is 21.6 Å². The number of hydrogen-bond donors (Lipinski definition) is 1. The number of halogens is 4. The molecule has 0 spiro atoms. The molecule has 0 radical (unpaired) electrons. The number of hydrogen-bond acceptors (Lipinski definition) is 4. The number of fused-ring (bicyclic) bond motifs is 1. The molecule has 22 heavy (non-hydrogen) atoms. The summed E-state index contributed by atoms with van der Waals surface area (Å²) >= 11 is 5.80. The van der Waals surface area contributed by atoms with E-state index in [2.05, 4.69) is 14.7 Å². The van der Waals surface area contributed by atoms with E-state index < -0.39 is 27.0 Å². The Labute approximate surface area is 129 Å². The Morgan fingerprint density at radius 2 is 1.82 bits per heavy atom. The van der Waals surface area contributed by atoms with E-state index in [4.69, 9.17) is 11.6 Å². The smallest absolute Gasteiger partial charge is 0.265 e. The Morgan fingerprint density at radius 3 is 2.36 bits per heavy atom. The third kappa shape index (κ3) is 3.41. The molecule has 0 unspecified atom stereocenters. The van der Waals surface area contributed by atoms with Gasteiger partial charge in [0.05, 0.1) is 21.8 Å². The van der Waals surface area contributed by atoms with Crippen LogP contribution in [0, 0.1) is 0 Å². The zero-order valence-electron chi connectivity index (χ0n) is 11.4. The number of aromatic nitrogens is 2. The van der Waals surface area contributed by atoms with Crippen LogP contribution in [0.3, 0.4) is 0 Å². The van der Waals surface area contributed by atoms with Crippen LogP contribution >= 0.6 is 11.6 Å². The van der Waals surface area contributed by atoms with Crippen LogP contribution in [0.15, 0.2) is 18.2 Å². The maximum atomic E-state index is 12.6. The molecule has 120 valence electrons. The molecule has 0 aliphatic carbocycles. The van der Waals surface area contributed by atoms with Crippen molar-refractivity contribution in [1.82, 2.24) is 9.97 Å². The molecule has 1 N–H and O–H groups in total. The van der Waals surface area contributed by atoms with Crippen molar-refractivity contribution in [2.75, 3.05) is 4.72 Å². The van der Waals surface area contributed by atoms with Crippen LogP contribution in [-0.2, 0) is 16.2 Å². The van der Waals surface area contributed by atoms with Gasteiger partial charge in [0.2, 0.25) is 10.0 Å². The van der Waals surface area contributed by atoms with Crippen LogP contribution in [0.4, 0.5) is 19.0 Å². The molecular formula is C12H11ClF3N3O2S. The second-order valence-electron chi connectivity index (χ2n) is 4.76. The minimum Gasteiger partial charge on any atom is -0.265 e. The van der Waals surface area contributed by atoms with Crippen LogP contribution in [0.2, 0.25) is 5.15 Å². The molecule has 10 heteroatoms. The van der Waals surface area contributed by atoms with Crippen LogP contribution in [0.5, 0.6) is 0 Å². The number of anilines is 1. The van der Waals surface area contributed by atoms with Gasteiger partial charge in [0.15, 0.2) is 11.0 Å². The van der Waals surface area contributed by atoms with Gasteiger partial charge in [0.25, 0.3) is 0 Å². The van der Waals surface area contributed by atoms with E-state index in [0.29, 0.717) is 0 Å². The Balaban J connectivity index is 2.51. The zero-order chi connectivity index (χ0) is 16.7. The molecule has 2 aromatic rings. The molecule has 0 fully saturated rings. The van der Waals surface area contributed by atoms with E-state index in [1.807, 2.05) is 0 Å². The Kier molecular flexibility index (Phi) is 4.22. The molecule has 0 atom stereocenters. The van der Waals surface area contributed by atoms with E-state index in [0.717, 1.165) is 18.2 Å². The molecule has 1 heterocycles. The lowest BCUT2D eigenvalue weighted by Gasteiger charge is -2.12. The van der Waals surface area contributed by atoms with Crippen LogP contribution in [-0.4, -0.2) is 23.6 Å². The number of nitrogens with zero attached hydrogens (tertiary/aromatic N) is 2. The normalized spacial score (nSPS) is 12.9. The van der Waals surface area contributed by atoms with Gasteiger partial charge in [0.1, 0.15) is 0 Å². The summed E-state index contributed by atoms with van der Waals surface area (Å²) in [5, 5.41) is -1.05. The third-order valence-corrected chi connectivity index (χ3v) is 4.79. The lowest BCUT2D eigenvalue weighted by atomic mass is 10.2. The van der Waals surface area contributed by atoms with Crippen molar-refractivity contribution in [3.8, 4) is 0 Å². The Hall–Kier alpha value is -1.61. The minimum absolute atomic E-state index is 0.0766. The Bertz CT molecular complexity index is 822. The first-order valence-electron chi connectivity index (χ1n) is 6.07. The topological polar surface area (TPSA) is 72.0 Å². The molecule has 2 rings (SSSR count). The number of sulfonamides is 1. The SMILES string of the molecule is CC(C)S(=O)(=O)Nc1nc2ccc(C(F)(F)F)cc2nc1Cl. The molecule has 0 saturated carbocycles. The van der Waals surface area contributed by atoms with Gasteiger partial charge in [-0.3, -0.25) is 4.72 Å². The van der Waals surface area contributed by atoms with Crippen molar-refractivity contribution in [2.24, 2.45) is 0 Å². The van der Waals surface area contributed by atoms with Crippen LogP contribution in [0.25, 0.3) is 11.0 Å². The largest absolute Gasteiger partial charge is 0.416 e. The van der Waals surface area contributed by atoms with Crippen molar-refractivity contribution < 1.29 is 21.6 Å². The average molecular weight is 354 g/mol. The second-order valence-corrected chi connectivity index (χ2v) is 7.36. The monoisotopic (exact) mass is 353 g/mol. The lowest BCUT2D eigenvalue weighted by Crippen LogP contribution is -2.23. The molecular weight excluding hydrogens is 343 g/mol. The van der Waals surface area contributed by atoms with Crippen molar-refractivity contribution in [3.63, 3.8) is 0 Å². The molecule has 0 aliphatic heterocycles. The highest BCUT2D eigenvalue weighted by Gasteiger charge is 2.31. The van der Waals surface area contributed by atoms with Gasteiger partial charge < -0.3 is 0 Å². The quantitative estimate of drug-likeness (QED) is 0.917. The summed E-state index contributed by atoms with van der Waals surface area (Å²) in [4.78, 5) is 7.68. The highest BCUT2D eigenvalue weighted by atomic mass is 35.5. The number of benzene rings is 1. The van der Waals surface area contributed by atoms with Gasteiger partial charge in [-0.2, -0.15) is 13.2 Å². The van der Waals surface area contributed by atoms with Gasteiger partial charge in [-0.1, -0.05) is 11.6 Å². The van der Waals surface area contributed by atoms with Crippen LogP contribution < -0.4 is 4.72 Å². The first-order chi connectivity index (χ1) is 10.0. The van der Waals surface area contributed by atoms with Crippen molar-refractivity contribution in [2.45, 2.75) is 25.3 Å². The number of nitrogens with one attached hydrogen (secondary N) is 1. The van der Waals surface area contributed by atoms with Gasteiger partial charge >= 0.3 is 6.18 Å². The number of rotatable bonds is 3. The Morgan fingerprint density at radius 1 is 1.18 bits per heavy atom. The highest BCUT2D eigenvalue weighted by Crippen LogP contribution is 2.31. The summed E-state index contributed by atoms with van der Waals surface area (Å²) in [7, 11) is -3.69. The summed E-state index contributed by atoms with van der Waals surface area (Å²) < 4.78 is 63.6. The molecule has 0 aliphatic rings. The van der Waals surface area contributed by atoms with E-state index >= 15 is 0 Å². The van der Waals surface area contributed by atoms with Gasteiger partial charge in [-0.05, 0) is 32.0 Å². The summed E-state index contributed by atoms with van der Waals surface area (Å²) in [5.41, 5.74) is -0.868. The number of alkyl halides is 3. The predicted molar refractivity (Wildman–Crippen MR) is 77.2 cm³/mol. The highest BCUT2D eigenvalue weighted by molar-refractivity contribution is 7.93. The third-order valence-electron chi connectivity index (χ3n) is 2.81. The second kappa shape index (κ2) is 5.54. The van der Waals surface area contributed by atoms with E-state index in [1.54, 1.807) is 0 Å². The van der Waals surface area contributed by atoms with Gasteiger partial charge in [-0.15, -0.1) is 0 Å². The van der Waals surface area contributed by atoms with Crippen LogP contribution in [0.1, 0.15) is 19.4 Å². The van der Waals surface area contributed by atoms with Crippen molar-refractivity contribution in [1.29, 1.82) is 0 Å². The fraction of sp³-hybridized carbons (Fsp3) is 0.333. The molecule has 0 amide bonds. The predicted octanol–water partition coefficient (Wildman–Crippen LogP) is 3.45. The zero-order valence-corrected chi connectivity index (χ0v) is 13.0. The molecule has 0 saturated heterocycles. The van der Waals surface area contributed by atoms with E-state index in [-0.39, 0.29) is 22.0 Å². The lowest BCUT2D eigenvalue weighted by molar-refractivity contribution is -0.137. The first kappa shape index (κ1) is 16.8. The summed E-state index contributed by atoms with van der Waals surface area (Å²) in [6.07, 6.45) is -4.51. The van der Waals surface area contributed by atoms with Crippen molar-refractivity contribution >= 4 is 38.5 Å². The molecule has 5 nitrogen and oxygen atoms in total. The van der Waals surface area contributed by atoms with Gasteiger partial charge in [-0.25, -0.2) is 18.4 Å². The standard InChI is InChI=1S/C12H11ClF3N3O2S/c1-6(2)22(20,21)19-11-10(13)17-9-5-7(12(14,15)16)3-4-8(9)18-11/h3-6H,1-2H3,(H,18,19). The first-order valence-corrected chi connectivity index (χ1v) is 7.99. The fourth-order valence-corrected chi connectivity index (χ4v) is 2.41. The summed E-state index contributed by atoms with van der Waals surface area (Å²) in [6, 6.07) is 2.75. The maximum Gasteiger partial charge on any atom is 0.416 e. The molecule has 0 bridgehead atoms. The fourth-order valence-electron chi connectivity index (χ4n) is 1.53. The maximum absolute atomic E-state index is 12.6. The average Bonchev–Trinajstić information content (AvgIpc) is 2.37. The summed E-state index contributed by atoms with van der Waals surface area (Å²) in [5.74, 6) is -0.220. The summed E-state index contributed by atoms with van der Waals surface area (Å²) in [6.45, 7) is 2.92. The van der Waals surface area contributed by atoms with Crippen molar-refractivity contribution in [3.05, 3.63) is 28.9 Å². The van der Waals surface area contributed by atoms with E-state index in [1.165, 1.54) is 13.8 Å². The minimum atomic E-state index is -4.51.